The first-order valence-electron chi connectivity index (χ1n) is 6.81. The Morgan fingerprint density at radius 2 is 1.95 bits per heavy atom. The van der Waals surface area contributed by atoms with Crippen LogP contribution in [0.25, 0.3) is 11.0 Å². The molecule has 0 spiro atoms. The van der Waals surface area contributed by atoms with Crippen LogP contribution in [0.2, 0.25) is 0 Å². The molecule has 0 radical (unpaired) electrons. The highest BCUT2D eigenvalue weighted by Crippen LogP contribution is 2.20. The summed E-state index contributed by atoms with van der Waals surface area (Å²) in [6.07, 6.45) is 0.713. The molecule has 21 heavy (non-hydrogen) atoms. The van der Waals surface area contributed by atoms with E-state index in [1.54, 1.807) is 6.07 Å². The molecule has 1 aromatic heterocycles. The Morgan fingerprint density at radius 3 is 2.67 bits per heavy atom. The maximum absolute atomic E-state index is 9.09. The number of alkyl halides is 1. The first-order valence-corrected chi connectivity index (χ1v) is 7.34. The fourth-order valence-corrected chi connectivity index (χ4v) is 2.63. The van der Waals surface area contributed by atoms with Crippen LogP contribution in [-0.4, -0.2) is 15.4 Å². The van der Waals surface area contributed by atoms with E-state index in [0.717, 1.165) is 23.4 Å². The van der Waals surface area contributed by atoms with Crippen molar-refractivity contribution in [2.24, 2.45) is 0 Å². The number of rotatable bonds is 4. The van der Waals surface area contributed by atoms with Crippen molar-refractivity contribution in [3.63, 3.8) is 0 Å². The summed E-state index contributed by atoms with van der Waals surface area (Å²) < 4.78 is 2.15. The molecule has 0 fully saturated rings. The highest BCUT2D eigenvalue weighted by Gasteiger charge is 2.11. The summed E-state index contributed by atoms with van der Waals surface area (Å²) in [7, 11) is 0. The van der Waals surface area contributed by atoms with E-state index in [4.69, 9.17) is 16.9 Å². The number of aryl methyl sites for hydroxylation is 1. The third-order valence-electron chi connectivity index (χ3n) is 3.46. The number of halogens is 1. The van der Waals surface area contributed by atoms with Crippen LogP contribution in [0.4, 0.5) is 0 Å². The lowest BCUT2D eigenvalue weighted by molar-refractivity contribution is 0.754. The second-order valence-electron chi connectivity index (χ2n) is 4.85. The highest BCUT2D eigenvalue weighted by atomic mass is 35.5. The number of hydrogen-bond donors (Lipinski definition) is 0. The third-order valence-corrected chi connectivity index (χ3v) is 3.65. The molecule has 0 bridgehead atoms. The lowest BCUT2D eigenvalue weighted by Gasteiger charge is -2.08. The predicted octanol–water partition coefficient (Wildman–Crippen LogP) is 3.74. The summed E-state index contributed by atoms with van der Waals surface area (Å²) in [5.41, 5.74) is 3.74. The Balaban J connectivity index is 2.12. The van der Waals surface area contributed by atoms with Crippen LogP contribution in [-0.2, 0) is 13.0 Å². The van der Waals surface area contributed by atoms with Crippen LogP contribution in [0.15, 0.2) is 48.5 Å². The maximum atomic E-state index is 9.09. The van der Waals surface area contributed by atoms with Crippen molar-refractivity contribution in [3.8, 4) is 6.07 Å². The standard InChI is InChI=1S/C17H14ClN3/c18-9-8-17-20-15-7-6-14(11-19)10-16(15)21(17)12-13-4-2-1-3-5-13/h1-7,10H,8-9,12H2. The molecule has 0 saturated carbocycles. The van der Waals surface area contributed by atoms with Gasteiger partial charge in [0.2, 0.25) is 0 Å². The van der Waals surface area contributed by atoms with Crippen LogP contribution in [0.1, 0.15) is 17.0 Å². The van der Waals surface area contributed by atoms with Gasteiger partial charge in [-0.2, -0.15) is 5.26 Å². The molecule has 104 valence electrons. The Kier molecular flexibility index (Phi) is 3.89. The largest absolute Gasteiger partial charge is 0.323 e. The zero-order valence-corrected chi connectivity index (χ0v) is 12.2. The Morgan fingerprint density at radius 1 is 1.14 bits per heavy atom. The molecule has 4 heteroatoms. The van der Waals surface area contributed by atoms with Gasteiger partial charge >= 0.3 is 0 Å². The Bertz CT molecular complexity index is 800. The van der Waals surface area contributed by atoms with Crippen LogP contribution in [0, 0.1) is 11.3 Å². The summed E-state index contributed by atoms with van der Waals surface area (Å²) in [5.74, 6) is 1.49. The first kappa shape index (κ1) is 13.7. The van der Waals surface area contributed by atoms with Gasteiger partial charge in [-0.05, 0) is 23.8 Å². The van der Waals surface area contributed by atoms with E-state index in [2.05, 4.69) is 27.8 Å². The highest BCUT2D eigenvalue weighted by molar-refractivity contribution is 6.17. The van der Waals surface area contributed by atoms with Gasteiger partial charge in [0.25, 0.3) is 0 Å². The van der Waals surface area contributed by atoms with Crippen LogP contribution in [0.5, 0.6) is 0 Å². The van der Waals surface area contributed by atoms with Crippen molar-refractivity contribution < 1.29 is 0 Å². The number of nitrogens with zero attached hydrogens (tertiary/aromatic N) is 3. The van der Waals surface area contributed by atoms with Gasteiger partial charge in [0.15, 0.2) is 0 Å². The average Bonchev–Trinajstić information content (AvgIpc) is 2.86. The van der Waals surface area contributed by atoms with Gasteiger partial charge in [0.1, 0.15) is 5.82 Å². The molecule has 0 aliphatic carbocycles. The number of hydrogen-bond acceptors (Lipinski definition) is 2. The maximum Gasteiger partial charge on any atom is 0.111 e. The second kappa shape index (κ2) is 5.99. The monoisotopic (exact) mass is 295 g/mol. The minimum absolute atomic E-state index is 0.531. The molecule has 3 aromatic rings. The summed E-state index contributed by atoms with van der Waals surface area (Å²) in [6.45, 7) is 0.735. The van der Waals surface area contributed by atoms with E-state index in [-0.39, 0.29) is 0 Å². The molecule has 0 saturated heterocycles. The topological polar surface area (TPSA) is 41.6 Å². The molecule has 2 aromatic carbocycles. The van der Waals surface area contributed by atoms with E-state index >= 15 is 0 Å². The van der Waals surface area contributed by atoms with Gasteiger partial charge in [-0.15, -0.1) is 11.6 Å². The molecule has 3 rings (SSSR count). The van der Waals surface area contributed by atoms with E-state index < -0.39 is 0 Å². The van der Waals surface area contributed by atoms with E-state index in [1.165, 1.54) is 5.56 Å². The predicted molar refractivity (Wildman–Crippen MR) is 84.4 cm³/mol. The molecule has 1 heterocycles. The fourth-order valence-electron chi connectivity index (χ4n) is 2.46. The molecule has 0 aliphatic rings. The van der Waals surface area contributed by atoms with Gasteiger partial charge < -0.3 is 4.57 Å². The van der Waals surface area contributed by atoms with E-state index in [1.807, 2.05) is 30.3 Å². The smallest absolute Gasteiger partial charge is 0.111 e. The molecule has 3 nitrogen and oxygen atoms in total. The zero-order valence-electron chi connectivity index (χ0n) is 11.5. The van der Waals surface area contributed by atoms with Gasteiger partial charge in [0.05, 0.1) is 22.7 Å². The molecule has 0 N–H and O–H groups in total. The fraction of sp³-hybridized carbons (Fsp3) is 0.176. The molecule has 0 unspecified atom stereocenters. The molecular weight excluding hydrogens is 282 g/mol. The van der Waals surface area contributed by atoms with Gasteiger partial charge in [0, 0.05) is 18.8 Å². The number of fused-ring (bicyclic) bond motifs is 1. The second-order valence-corrected chi connectivity index (χ2v) is 5.23. The van der Waals surface area contributed by atoms with Gasteiger partial charge in [-0.25, -0.2) is 4.98 Å². The summed E-state index contributed by atoms with van der Waals surface area (Å²) >= 11 is 5.89. The summed E-state index contributed by atoms with van der Waals surface area (Å²) in [5, 5.41) is 9.09. The minimum atomic E-state index is 0.531. The SMILES string of the molecule is N#Cc1ccc2nc(CCCl)n(Cc3ccccc3)c2c1. The lowest BCUT2D eigenvalue weighted by Crippen LogP contribution is -2.06. The average molecular weight is 296 g/mol. The third kappa shape index (κ3) is 2.76. The molecule has 0 aliphatic heterocycles. The van der Waals surface area contributed by atoms with Gasteiger partial charge in [-0.3, -0.25) is 0 Å². The van der Waals surface area contributed by atoms with Crippen molar-refractivity contribution >= 4 is 22.6 Å². The first-order chi connectivity index (χ1) is 10.3. The molecule has 0 amide bonds. The van der Waals surface area contributed by atoms with Crippen molar-refractivity contribution in [2.75, 3.05) is 5.88 Å². The quantitative estimate of drug-likeness (QED) is 0.688. The van der Waals surface area contributed by atoms with Crippen LogP contribution >= 0.6 is 11.6 Å². The Labute approximate surface area is 128 Å². The van der Waals surface area contributed by atoms with E-state index in [0.29, 0.717) is 17.9 Å². The van der Waals surface area contributed by atoms with Crippen molar-refractivity contribution in [3.05, 3.63) is 65.5 Å². The number of imidazole rings is 1. The van der Waals surface area contributed by atoms with Crippen LogP contribution in [0.3, 0.4) is 0 Å². The van der Waals surface area contributed by atoms with Crippen molar-refractivity contribution in [1.29, 1.82) is 5.26 Å². The van der Waals surface area contributed by atoms with Gasteiger partial charge in [-0.1, -0.05) is 30.3 Å². The Hall–Kier alpha value is -2.31. The van der Waals surface area contributed by atoms with Crippen LogP contribution < -0.4 is 0 Å². The number of nitriles is 1. The number of aromatic nitrogens is 2. The number of benzene rings is 2. The minimum Gasteiger partial charge on any atom is -0.323 e. The zero-order chi connectivity index (χ0) is 14.7. The lowest BCUT2D eigenvalue weighted by atomic mass is 10.2. The van der Waals surface area contributed by atoms with Crippen molar-refractivity contribution in [2.45, 2.75) is 13.0 Å². The molecule has 0 atom stereocenters. The summed E-state index contributed by atoms with van der Waals surface area (Å²) in [4.78, 5) is 4.64. The normalized spacial score (nSPS) is 10.7. The summed E-state index contributed by atoms with van der Waals surface area (Å²) in [6, 6.07) is 18.0. The van der Waals surface area contributed by atoms with E-state index in [9.17, 15) is 0 Å². The molecular formula is C17H14ClN3. The van der Waals surface area contributed by atoms with Crippen molar-refractivity contribution in [1.82, 2.24) is 9.55 Å².